The Morgan fingerprint density at radius 3 is 2.29 bits per heavy atom. The van der Waals surface area contributed by atoms with Crippen molar-refractivity contribution in [1.82, 2.24) is 4.90 Å². The number of para-hydroxylation sites is 1. The summed E-state index contributed by atoms with van der Waals surface area (Å²) >= 11 is 0. The fraction of sp³-hybridized carbons (Fsp3) is 0.647. The van der Waals surface area contributed by atoms with Gasteiger partial charge in [-0.2, -0.15) is 0 Å². The Morgan fingerprint density at radius 2 is 1.81 bits per heavy atom. The van der Waals surface area contributed by atoms with Crippen molar-refractivity contribution in [3.8, 4) is 11.5 Å². The summed E-state index contributed by atoms with van der Waals surface area (Å²) in [7, 11) is 1.66. The molecule has 1 aromatic rings. The Morgan fingerprint density at radius 1 is 1.14 bits per heavy atom. The third kappa shape index (κ3) is 5.56. The summed E-state index contributed by atoms with van der Waals surface area (Å²) in [6.45, 7) is 11.4. The van der Waals surface area contributed by atoms with E-state index in [1.807, 2.05) is 32.9 Å². The molecule has 1 unspecified atom stereocenters. The summed E-state index contributed by atoms with van der Waals surface area (Å²) in [4.78, 5) is 2.23. The summed E-state index contributed by atoms with van der Waals surface area (Å²) in [6, 6.07) is 6.29. The number of hydrogen-bond donors (Lipinski definition) is 1. The summed E-state index contributed by atoms with van der Waals surface area (Å²) in [5, 5.41) is 9.67. The van der Waals surface area contributed by atoms with Crippen LogP contribution in [-0.4, -0.2) is 41.9 Å². The number of hydrogen-bond acceptors (Lipinski definition) is 4. The van der Waals surface area contributed by atoms with Gasteiger partial charge in [0.1, 0.15) is 0 Å². The standard InChI is InChI=1S/C17H29NO3/c1-12(2)18(10-14(5)19)11-15-8-7-9-16(20-6)17(15)21-13(3)4/h7-9,12-14,19H,10-11H2,1-6H3. The second-order valence-electron chi connectivity index (χ2n) is 5.99. The lowest BCUT2D eigenvalue weighted by atomic mass is 10.1. The van der Waals surface area contributed by atoms with Gasteiger partial charge in [0, 0.05) is 24.7 Å². The quantitative estimate of drug-likeness (QED) is 0.800. The van der Waals surface area contributed by atoms with E-state index in [0.29, 0.717) is 12.6 Å². The third-order valence-electron chi connectivity index (χ3n) is 3.24. The van der Waals surface area contributed by atoms with Gasteiger partial charge in [0.05, 0.1) is 19.3 Å². The van der Waals surface area contributed by atoms with Gasteiger partial charge in [-0.1, -0.05) is 12.1 Å². The van der Waals surface area contributed by atoms with Gasteiger partial charge in [-0.3, -0.25) is 4.90 Å². The molecule has 1 N–H and O–H groups in total. The van der Waals surface area contributed by atoms with Gasteiger partial charge in [-0.15, -0.1) is 0 Å². The van der Waals surface area contributed by atoms with E-state index in [2.05, 4.69) is 24.8 Å². The molecule has 0 heterocycles. The van der Waals surface area contributed by atoms with Crippen molar-refractivity contribution in [3.05, 3.63) is 23.8 Å². The van der Waals surface area contributed by atoms with Crippen LogP contribution < -0.4 is 9.47 Å². The molecule has 4 heteroatoms. The topological polar surface area (TPSA) is 41.9 Å². The smallest absolute Gasteiger partial charge is 0.166 e. The van der Waals surface area contributed by atoms with Gasteiger partial charge in [-0.05, 0) is 40.7 Å². The minimum atomic E-state index is -0.354. The molecule has 1 rings (SSSR count). The average molecular weight is 295 g/mol. The molecule has 0 fully saturated rings. The van der Waals surface area contributed by atoms with Gasteiger partial charge in [0.25, 0.3) is 0 Å². The second kappa shape index (κ2) is 8.25. The highest BCUT2D eigenvalue weighted by molar-refractivity contribution is 5.46. The van der Waals surface area contributed by atoms with Crippen molar-refractivity contribution in [2.45, 2.75) is 59.4 Å². The molecule has 0 spiro atoms. The van der Waals surface area contributed by atoms with Crippen LogP contribution in [0.25, 0.3) is 0 Å². The van der Waals surface area contributed by atoms with Gasteiger partial charge in [-0.25, -0.2) is 0 Å². The SMILES string of the molecule is COc1cccc(CN(CC(C)O)C(C)C)c1OC(C)C. The number of ether oxygens (including phenoxy) is 2. The molecule has 21 heavy (non-hydrogen) atoms. The van der Waals surface area contributed by atoms with Crippen LogP contribution in [0.5, 0.6) is 11.5 Å². The predicted octanol–water partition coefficient (Wildman–Crippen LogP) is 3.07. The average Bonchev–Trinajstić information content (AvgIpc) is 2.38. The molecule has 0 amide bonds. The summed E-state index contributed by atoms with van der Waals surface area (Å²) in [5.74, 6) is 1.55. The van der Waals surface area contributed by atoms with E-state index >= 15 is 0 Å². The molecule has 0 radical (unpaired) electrons. The van der Waals surface area contributed by atoms with E-state index in [-0.39, 0.29) is 12.2 Å². The van der Waals surface area contributed by atoms with Gasteiger partial charge >= 0.3 is 0 Å². The van der Waals surface area contributed by atoms with E-state index in [0.717, 1.165) is 23.6 Å². The number of methoxy groups -OCH3 is 1. The highest BCUT2D eigenvalue weighted by atomic mass is 16.5. The van der Waals surface area contributed by atoms with Crippen LogP contribution in [0, 0.1) is 0 Å². The molecule has 0 saturated heterocycles. The highest BCUT2D eigenvalue weighted by Gasteiger charge is 2.18. The fourth-order valence-electron chi connectivity index (χ4n) is 2.23. The van der Waals surface area contributed by atoms with E-state index in [1.54, 1.807) is 7.11 Å². The summed E-state index contributed by atoms with van der Waals surface area (Å²) in [5.41, 5.74) is 1.08. The van der Waals surface area contributed by atoms with E-state index < -0.39 is 0 Å². The highest BCUT2D eigenvalue weighted by Crippen LogP contribution is 2.33. The second-order valence-corrected chi connectivity index (χ2v) is 5.99. The Balaban J connectivity index is 3.04. The first-order valence-corrected chi connectivity index (χ1v) is 7.59. The maximum Gasteiger partial charge on any atom is 0.166 e. The first-order valence-electron chi connectivity index (χ1n) is 7.59. The van der Waals surface area contributed by atoms with Crippen LogP contribution in [0.4, 0.5) is 0 Å². The van der Waals surface area contributed by atoms with E-state index in [9.17, 15) is 5.11 Å². The van der Waals surface area contributed by atoms with E-state index in [4.69, 9.17) is 9.47 Å². The minimum absolute atomic E-state index is 0.0873. The molecular formula is C17H29NO3. The summed E-state index contributed by atoms with van der Waals surface area (Å²) in [6.07, 6.45) is -0.267. The predicted molar refractivity (Wildman–Crippen MR) is 86.0 cm³/mol. The van der Waals surface area contributed by atoms with Crippen LogP contribution in [0.2, 0.25) is 0 Å². The van der Waals surface area contributed by atoms with Crippen molar-refractivity contribution in [1.29, 1.82) is 0 Å². The zero-order chi connectivity index (χ0) is 16.0. The molecular weight excluding hydrogens is 266 g/mol. The zero-order valence-electron chi connectivity index (χ0n) is 14.1. The van der Waals surface area contributed by atoms with Crippen LogP contribution in [0.15, 0.2) is 18.2 Å². The lowest BCUT2D eigenvalue weighted by Crippen LogP contribution is -2.36. The molecule has 0 aliphatic heterocycles. The van der Waals surface area contributed by atoms with Crippen LogP contribution in [0.1, 0.15) is 40.2 Å². The molecule has 120 valence electrons. The normalized spacial score (nSPS) is 13.0. The van der Waals surface area contributed by atoms with Crippen molar-refractivity contribution in [2.75, 3.05) is 13.7 Å². The first-order chi connectivity index (χ1) is 9.85. The maximum atomic E-state index is 9.67. The number of benzene rings is 1. The molecule has 0 aromatic heterocycles. The Kier molecular flexibility index (Phi) is 6.99. The Hall–Kier alpha value is -1.26. The van der Waals surface area contributed by atoms with E-state index in [1.165, 1.54) is 0 Å². The fourth-order valence-corrected chi connectivity index (χ4v) is 2.23. The lowest BCUT2D eigenvalue weighted by molar-refractivity contribution is 0.101. The summed E-state index contributed by atoms with van der Waals surface area (Å²) < 4.78 is 11.4. The van der Waals surface area contributed by atoms with Crippen molar-refractivity contribution >= 4 is 0 Å². The molecule has 0 aliphatic rings. The largest absolute Gasteiger partial charge is 0.493 e. The van der Waals surface area contributed by atoms with Crippen molar-refractivity contribution < 1.29 is 14.6 Å². The third-order valence-corrected chi connectivity index (χ3v) is 3.24. The molecule has 4 nitrogen and oxygen atoms in total. The van der Waals surface area contributed by atoms with Crippen LogP contribution in [-0.2, 0) is 6.54 Å². The minimum Gasteiger partial charge on any atom is -0.493 e. The number of aliphatic hydroxyl groups is 1. The molecule has 1 aromatic carbocycles. The molecule has 1 atom stereocenters. The van der Waals surface area contributed by atoms with Crippen molar-refractivity contribution in [2.24, 2.45) is 0 Å². The molecule has 0 bridgehead atoms. The van der Waals surface area contributed by atoms with Crippen molar-refractivity contribution in [3.63, 3.8) is 0 Å². The first kappa shape index (κ1) is 17.8. The monoisotopic (exact) mass is 295 g/mol. The number of aliphatic hydroxyl groups excluding tert-OH is 1. The number of nitrogens with zero attached hydrogens (tertiary/aromatic N) is 1. The zero-order valence-corrected chi connectivity index (χ0v) is 14.1. The lowest BCUT2D eigenvalue weighted by Gasteiger charge is -2.29. The van der Waals surface area contributed by atoms with Crippen LogP contribution >= 0.6 is 0 Å². The maximum absolute atomic E-state index is 9.67. The number of rotatable bonds is 8. The molecule has 0 aliphatic carbocycles. The Bertz CT molecular complexity index is 430. The Labute approximate surface area is 128 Å². The van der Waals surface area contributed by atoms with Gasteiger partial charge < -0.3 is 14.6 Å². The molecule has 0 saturated carbocycles. The van der Waals surface area contributed by atoms with Gasteiger partial charge in [0.15, 0.2) is 11.5 Å². The van der Waals surface area contributed by atoms with Crippen LogP contribution in [0.3, 0.4) is 0 Å². The van der Waals surface area contributed by atoms with Gasteiger partial charge in [0.2, 0.25) is 0 Å².